The Labute approximate surface area is 169 Å². The van der Waals surface area contributed by atoms with Crippen LogP contribution in [0.1, 0.15) is 27.2 Å². The van der Waals surface area contributed by atoms with Crippen LogP contribution in [-0.2, 0) is 13.0 Å². The van der Waals surface area contributed by atoms with Crippen molar-refractivity contribution in [3.8, 4) is 0 Å². The third-order valence-electron chi connectivity index (χ3n) is 4.95. The highest BCUT2D eigenvalue weighted by Crippen LogP contribution is 2.39. The van der Waals surface area contributed by atoms with Gasteiger partial charge in [0.25, 0.3) is 5.56 Å². The van der Waals surface area contributed by atoms with E-state index in [1.54, 1.807) is 29.5 Å². The number of H-pyrrole nitrogens is 1. The summed E-state index contributed by atoms with van der Waals surface area (Å²) >= 11 is 9.62. The van der Waals surface area contributed by atoms with Crippen molar-refractivity contribution in [2.24, 2.45) is 0 Å². The third kappa shape index (κ3) is 3.12. The Morgan fingerprint density at radius 2 is 2.15 bits per heavy atom. The lowest BCUT2D eigenvalue weighted by atomic mass is 9.98. The maximum absolute atomic E-state index is 12.5. The maximum atomic E-state index is 12.5. The van der Waals surface area contributed by atoms with Crippen molar-refractivity contribution in [3.63, 3.8) is 0 Å². The zero-order chi connectivity index (χ0) is 18.4. The molecule has 0 saturated carbocycles. The van der Waals surface area contributed by atoms with E-state index in [0.29, 0.717) is 28.3 Å². The highest BCUT2D eigenvalue weighted by Gasteiger charge is 2.30. The second-order valence-electron chi connectivity index (χ2n) is 6.61. The molecule has 0 amide bonds. The number of fused-ring (bicyclic) bond motifs is 2. The number of thiophene rings is 2. The third-order valence-corrected chi connectivity index (χ3v) is 7.10. The minimum absolute atomic E-state index is 0.140. The predicted molar refractivity (Wildman–Crippen MR) is 112 cm³/mol. The maximum Gasteiger partial charge on any atom is 0.258 e. The molecule has 0 aliphatic carbocycles. The summed E-state index contributed by atoms with van der Waals surface area (Å²) in [5.41, 5.74) is 1.92. The van der Waals surface area contributed by atoms with Gasteiger partial charge in [0.2, 0.25) is 0 Å². The molecule has 1 aliphatic rings. The summed E-state index contributed by atoms with van der Waals surface area (Å²) in [5.74, 6) is 0.690. The molecule has 27 heavy (non-hydrogen) atoms. The van der Waals surface area contributed by atoms with Crippen molar-refractivity contribution in [1.29, 1.82) is 0 Å². The van der Waals surface area contributed by atoms with Gasteiger partial charge in [-0.1, -0.05) is 17.7 Å². The van der Waals surface area contributed by atoms with Gasteiger partial charge in [-0.3, -0.25) is 9.69 Å². The second kappa shape index (κ2) is 6.87. The average molecular weight is 414 g/mol. The fourth-order valence-corrected chi connectivity index (χ4v) is 5.70. The van der Waals surface area contributed by atoms with Gasteiger partial charge >= 0.3 is 0 Å². The Morgan fingerprint density at radius 1 is 1.22 bits per heavy atom. The van der Waals surface area contributed by atoms with Crippen molar-refractivity contribution in [2.75, 3.05) is 6.54 Å². The number of halogens is 1. The number of hydrogen-bond donors (Lipinski definition) is 1. The number of nitrogens with zero attached hydrogens (tertiary/aromatic N) is 2. The molecule has 0 fully saturated rings. The Morgan fingerprint density at radius 3 is 3.00 bits per heavy atom. The van der Waals surface area contributed by atoms with Crippen LogP contribution in [0.4, 0.5) is 0 Å². The van der Waals surface area contributed by atoms with Crippen LogP contribution in [0.5, 0.6) is 0 Å². The van der Waals surface area contributed by atoms with Crippen molar-refractivity contribution in [2.45, 2.75) is 19.0 Å². The monoisotopic (exact) mass is 413 g/mol. The molecule has 0 unspecified atom stereocenters. The Bertz CT molecular complexity index is 1170. The molecule has 4 aromatic rings. The van der Waals surface area contributed by atoms with Gasteiger partial charge in [-0.25, -0.2) is 4.98 Å². The molecule has 1 aliphatic heterocycles. The first kappa shape index (κ1) is 17.1. The zero-order valence-corrected chi connectivity index (χ0v) is 16.7. The van der Waals surface area contributed by atoms with E-state index in [4.69, 9.17) is 11.6 Å². The lowest BCUT2D eigenvalue weighted by Crippen LogP contribution is -2.35. The minimum Gasteiger partial charge on any atom is -0.309 e. The number of aromatic nitrogens is 2. The lowest BCUT2D eigenvalue weighted by Gasteiger charge is -2.35. The van der Waals surface area contributed by atoms with Gasteiger partial charge in [-0.2, -0.15) is 0 Å². The summed E-state index contributed by atoms with van der Waals surface area (Å²) in [6, 6.07) is 12.0. The first-order valence-corrected chi connectivity index (χ1v) is 10.8. The highest BCUT2D eigenvalue weighted by atomic mass is 35.5. The SMILES string of the molecule is O=c1[nH]c(CN2CCc3sccc3[C@@H]2c2cccs2)nc2ccc(Cl)cc12. The molecular formula is C20H16ClN3OS2. The summed E-state index contributed by atoms with van der Waals surface area (Å²) < 4.78 is 0. The molecule has 0 bridgehead atoms. The fourth-order valence-electron chi connectivity index (χ4n) is 3.75. The van der Waals surface area contributed by atoms with Gasteiger partial charge in [0, 0.05) is 21.3 Å². The molecule has 1 N–H and O–H groups in total. The Hall–Kier alpha value is -1.99. The van der Waals surface area contributed by atoms with Gasteiger partial charge in [-0.05, 0) is 53.1 Å². The van der Waals surface area contributed by atoms with Gasteiger partial charge in [0.1, 0.15) is 5.82 Å². The molecule has 3 aromatic heterocycles. The molecule has 7 heteroatoms. The number of hydrogen-bond acceptors (Lipinski definition) is 5. The molecule has 4 nitrogen and oxygen atoms in total. The lowest BCUT2D eigenvalue weighted by molar-refractivity contribution is 0.204. The first-order valence-electron chi connectivity index (χ1n) is 8.71. The first-order chi connectivity index (χ1) is 13.2. The summed E-state index contributed by atoms with van der Waals surface area (Å²) in [6.45, 7) is 1.55. The van der Waals surface area contributed by atoms with Crippen LogP contribution in [0.25, 0.3) is 10.9 Å². The van der Waals surface area contributed by atoms with Crippen molar-refractivity contribution >= 4 is 45.2 Å². The van der Waals surface area contributed by atoms with Gasteiger partial charge in [0.15, 0.2) is 0 Å². The van der Waals surface area contributed by atoms with E-state index in [1.807, 2.05) is 11.3 Å². The highest BCUT2D eigenvalue weighted by molar-refractivity contribution is 7.10. The molecule has 0 radical (unpaired) electrons. The summed E-state index contributed by atoms with van der Waals surface area (Å²) in [4.78, 5) is 25.3. The van der Waals surface area contributed by atoms with Crippen molar-refractivity contribution < 1.29 is 0 Å². The predicted octanol–water partition coefficient (Wildman–Crippen LogP) is 4.85. The van der Waals surface area contributed by atoms with Crippen LogP contribution < -0.4 is 5.56 Å². The van der Waals surface area contributed by atoms with E-state index in [0.717, 1.165) is 13.0 Å². The Balaban J connectivity index is 1.54. The molecule has 4 heterocycles. The number of aromatic amines is 1. The number of benzene rings is 1. The van der Waals surface area contributed by atoms with E-state index in [9.17, 15) is 4.79 Å². The van der Waals surface area contributed by atoms with Crippen LogP contribution in [0.3, 0.4) is 0 Å². The van der Waals surface area contributed by atoms with Gasteiger partial charge < -0.3 is 4.98 Å². The molecule has 5 rings (SSSR count). The normalized spacial score (nSPS) is 17.3. The molecule has 1 atom stereocenters. The van der Waals surface area contributed by atoms with Gasteiger partial charge in [-0.15, -0.1) is 22.7 Å². The molecule has 0 saturated heterocycles. The number of rotatable bonds is 3. The molecule has 0 spiro atoms. The van der Waals surface area contributed by atoms with Crippen LogP contribution in [-0.4, -0.2) is 21.4 Å². The zero-order valence-electron chi connectivity index (χ0n) is 14.3. The molecule has 1 aromatic carbocycles. The van der Waals surface area contributed by atoms with E-state index in [-0.39, 0.29) is 11.6 Å². The quantitative estimate of drug-likeness (QED) is 0.522. The minimum atomic E-state index is -0.140. The average Bonchev–Trinajstić information content (AvgIpc) is 3.34. The van der Waals surface area contributed by atoms with Gasteiger partial charge in [0.05, 0.1) is 23.5 Å². The smallest absolute Gasteiger partial charge is 0.258 e. The summed E-state index contributed by atoms with van der Waals surface area (Å²) in [7, 11) is 0. The second-order valence-corrected chi connectivity index (χ2v) is 9.03. The number of nitrogens with one attached hydrogen (secondary N) is 1. The summed E-state index contributed by atoms with van der Waals surface area (Å²) in [5, 5.41) is 5.36. The van der Waals surface area contributed by atoms with E-state index in [2.05, 4.69) is 43.8 Å². The van der Waals surface area contributed by atoms with Crippen LogP contribution in [0.2, 0.25) is 5.02 Å². The topological polar surface area (TPSA) is 49.0 Å². The van der Waals surface area contributed by atoms with E-state index < -0.39 is 0 Å². The van der Waals surface area contributed by atoms with Crippen LogP contribution in [0, 0.1) is 0 Å². The largest absolute Gasteiger partial charge is 0.309 e. The molecule has 136 valence electrons. The van der Waals surface area contributed by atoms with Crippen molar-refractivity contribution in [1.82, 2.24) is 14.9 Å². The summed E-state index contributed by atoms with van der Waals surface area (Å²) in [6.07, 6.45) is 1.03. The van der Waals surface area contributed by atoms with Crippen LogP contribution >= 0.6 is 34.3 Å². The van der Waals surface area contributed by atoms with Crippen molar-refractivity contribution in [3.05, 3.63) is 83.7 Å². The fraction of sp³-hybridized carbons (Fsp3) is 0.200. The van der Waals surface area contributed by atoms with E-state index in [1.165, 1.54) is 15.3 Å². The standard InChI is InChI=1S/C20H16ClN3OS2/c21-12-3-4-15-14(10-12)20(25)23-18(22-15)11-24-7-5-16-13(6-9-27-16)19(24)17-2-1-8-26-17/h1-4,6,8-10,19H,5,7,11H2,(H,22,23,25)/t19-/m1/s1. The molecular weight excluding hydrogens is 398 g/mol. The Kier molecular flexibility index (Phi) is 4.36. The van der Waals surface area contributed by atoms with E-state index >= 15 is 0 Å². The van der Waals surface area contributed by atoms with Crippen LogP contribution in [0.15, 0.2) is 52.0 Å².